The molecule has 3 heterocycles. The number of benzene rings is 2. The van der Waals surface area contributed by atoms with Crippen LogP contribution in [-0.2, 0) is 19.6 Å². The van der Waals surface area contributed by atoms with Crippen molar-refractivity contribution >= 4 is 6.01 Å². The molecule has 2 aromatic heterocycles. The average Bonchev–Trinajstić information content (AvgIpc) is 3.59. The number of imidazole rings is 1. The summed E-state index contributed by atoms with van der Waals surface area (Å²) in [5, 5.41) is 0. The van der Waals surface area contributed by atoms with Crippen molar-refractivity contribution in [3.05, 3.63) is 90.3 Å². The Morgan fingerprint density at radius 1 is 1.00 bits per heavy atom. The Hall–Kier alpha value is -3.62. The highest BCUT2D eigenvalue weighted by molar-refractivity contribution is 5.39. The van der Waals surface area contributed by atoms with Crippen molar-refractivity contribution in [3.8, 4) is 11.4 Å². The number of methoxy groups -OCH3 is 1. The van der Waals surface area contributed by atoms with E-state index in [0.29, 0.717) is 19.1 Å². The number of hydrogen-bond acceptors (Lipinski definition) is 7. The molecular weight excluding hydrogens is 440 g/mol. The van der Waals surface area contributed by atoms with E-state index in [9.17, 15) is 0 Å². The molecule has 0 atom stereocenters. The zero-order chi connectivity index (χ0) is 24.0. The first-order valence-electron chi connectivity index (χ1n) is 12.0. The van der Waals surface area contributed by atoms with E-state index in [0.717, 1.165) is 55.4 Å². The molecular formula is C27H32N6O2. The van der Waals surface area contributed by atoms with Crippen LogP contribution in [0.5, 0.6) is 5.75 Å². The minimum absolute atomic E-state index is 0.635. The SMILES string of the molecule is COc1cccc(CN(Cc2ccc(-n3ccnc3)cc2)c2nc(CN3CCN(C)CC3)co2)c1. The molecule has 1 fully saturated rings. The quantitative estimate of drug-likeness (QED) is 0.367. The van der Waals surface area contributed by atoms with Crippen LogP contribution in [0.3, 0.4) is 0 Å². The number of ether oxygens (including phenoxy) is 1. The standard InChI is InChI=1S/C27H32N6O2/c1-30-12-14-31(15-13-30)19-24-20-35-27(29-24)33(18-23-4-3-5-26(16-23)34-2)17-22-6-8-25(9-7-22)32-11-10-28-21-32/h3-11,16,20-21H,12-15,17-19H2,1-2H3. The van der Waals surface area contributed by atoms with Crippen LogP contribution in [0.25, 0.3) is 5.69 Å². The largest absolute Gasteiger partial charge is 0.497 e. The maximum atomic E-state index is 6.01. The van der Waals surface area contributed by atoms with Gasteiger partial charge >= 0.3 is 0 Å². The van der Waals surface area contributed by atoms with Crippen molar-refractivity contribution in [2.24, 2.45) is 0 Å². The molecule has 0 radical (unpaired) electrons. The van der Waals surface area contributed by atoms with E-state index in [2.05, 4.69) is 63.1 Å². The second-order valence-electron chi connectivity index (χ2n) is 9.04. The number of anilines is 1. The number of piperazine rings is 1. The molecule has 35 heavy (non-hydrogen) atoms. The fourth-order valence-electron chi connectivity index (χ4n) is 4.34. The molecule has 8 heteroatoms. The molecule has 1 saturated heterocycles. The van der Waals surface area contributed by atoms with Crippen LogP contribution >= 0.6 is 0 Å². The summed E-state index contributed by atoms with van der Waals surface area (Å²) >= 11 is 0. The summed E-state index contributed by atoms with van der Waals surface area (Å²) in [4.78, 5) is 16.0. The van der Waals surface area contributed by atoms with Gasteiger partial charge < -0.3 is 23.5 Å². The first-order valence-corrected chi connectivity index (χ1v) is 12.0. The molecule has 8 nitrogen and oxygen atoms in total. The number of likely N-dealkylation sites (N-methyl/N-ethyl adjacent to an activating group) is 1. The fourth-order valence-corrected chi connectivity index (χ4v) is 4.34. The predicted molar refractivity (Wildman–Crippen MR) is 136 cm³/mol. The third kappa shape index (κ3) is 5.90. The Labute approximate surface area is 206 Å². The van der Waals surface area contributed by atoms with Gasteiger partial charge in [-0.3, -0.25) is 4.90 Å². The molecule has 4 aromatic rings. The second-order valence-corrected chi connectivity index (χ2v) is 9.04. The van der Waals surface area contributed by atoms with Crippen molar-refractivity contribution in [1.82, 2.24) is 24.3 Å². The lowest BCUT2D eigenvalue weighted by atomic mass is 10.1. The van der Waals surface area contributed by atoms with Crippen LogP contribution in [0, 0.1) is 0 Å². The first kappa shape index (κ1) is 23.1. The molecule has 0 amide bonds. The van der Waals surface area contributed by atoms with E-state index >= 15 is 0 Å². The predicted octanol–water partition coefficient (Wildman–Crippen LogP) is 3.82. The maximum Gasteiger partial charge on any atom is 0.298 e. The van der Waals surface area contributed by atoms with Crippen LogP contribution in [0.2, 0.25) is 0 Å². The Bertz CT molecular complexity index is 1200. The monoisotopic (exact) mass is 472 g/mol. The molecule has 0 bridgehead atoms. The first-order chi connectivity index (χ1) is 17.2. The lowest BCUT2D eigenvalue weighted by Crippen LogP contribution is -2.43. The smallest absolute Gasteiger partial charge is 0.298 e. The molecule has 0 aliphatic carbocycles. The van der Waals surface area contributed by atoms with Crippen LogP contribution < -0.4 is 9.64 Å². The van der Waals surface area contributed by atoms with Crippen molar-refractivity contribution in [1.29, 1.82) is 0 Å². The lowest BCUT2D eigenvalue weighted by Gasteiger charge is -2.31. The van der Waals surface area contributed by atoms with Gasteiger partial charge in [0.1, 0.15) is 12.0 Å². The topological polar surface area (TPSA) is 62.8 Å². The number of nitrogens with zero attached hydrogens (tertiary/aromatic N) is 6. The molecule has 1 aliphatic rings. The average molecular weight is 473 g/mol. The maximum absolute atomic E-state index is 6.01. The van der Waals surface area contributed by atoms with E-state index in [-0.39, 0.29) is 0 Å². The Balaban J connectivity index is 1.34. The van der Waals surface area contributed by atoms with E-state index in [1.165, 1.54) is 5.56 Å². The highest BCUT2D eigenvalue weighted by atomic mass is 16.5. The fraction of sp³-hybridized carbons (Fsp3) is 0.333. The van der Waals surface area contributed by atoms with Crippen molar-refractivity contribution < 1.29 is 9.15 Å². The minimum Gasteiger partial charge on any atom is -0.497 e. The highest BCUT2D eigenvalue weighted by Crippen LogP contribution is 2.23. The van der Waals surface area contributed by atoms with Gasteiger partial charge in [0.15, 0.2) is 0 Å². The van der Waals surface area contributed by atoms with E-state index in [1.807, 2.05) is 22.9 Å². The summed E-state index contributed by atoms with van der Waals surface area (Å²) in [6.45, 7) is 6.42. The van der Waals surface area contributed by atoms with Crippen LogP contribution in [0.4, 0.5) is 6.01 Å². The van der Waals surface area contributed by atoms with Crippen molar-refractivity contribution in [2.45, 2.75) is 19.6 Å². The molecule has 5 rings (SSSR count). The zero-order valence-corrected chi connectivity index (χ0v) is 20.4. The van der Waals surface area contributed by atoms with Gasteiger partial charge in [-0.1, -0.05) is 24.3 Å². The van der Waals surface area contributed by atoms with Crippen molar-refractivity contribution in [2.75, 3.05) is 45.2 Å². The van der Waals surface area contributed by atoms with Gasteiger partial charge in [0.2, 0.25) is 0 Å². The summed E-state index contributed by atoms with van der Waals surface area (Å²) in [6.07, 6.45) is 7.33. The van der Waals surface area contributed by atoms with Gasteiger partial charge in [-0.25, -0.2) is 4.98 Å². The van der Waals surface area contributed by atoms with Gasteiger partial charge in [0.25, 0.3) is 6.01 Å². The normalized spacial score (nSPS) is 14.8. The lowest BCUT2D eigenvalue weighted by molar-refractivity contribution is 0.147. The molecule has 0 spiro atoms. The van der Waals surface area contributed by atoms with Gasteiger partial charge in [0, 0.05) is 63.9 Å². The Kier molecular flexibility index (Phi) is 7.11. The molecule has 0 unspecified atom stereocenters. The third-order valence-corrected chi connectivity index (χ3v) is 6.41. The minimum atomic E-state index is 0.635. The molecule has 0 saturated carbocycles. The van der Waals surface area contributed by atoms with E-state index in [1.54, 1.807) is 25.9 Å². The Morgan fingerprint density at radius 3 is 2.54 bits per heavy atom. The van der Waals surface area contributed by atoms with Crippen LogP contribution in [-0.4, -0.2) is 64.7 Å². The molecule has 1 aliphatic heterocycles. The summed E-state index contributed by atoms with van der Waals surface area (Å²) in [6, 6.07) is 17.3. The third-order valence-electron chi connectivity index (χ3n) is 6.41. The number of rotatable bonds is 9. The second kappa shape index (κ2) is 10.8. The van der Waals surface area contributed by atoms with Gasteiger partial charge in [-0.2, -0.15) is 4.98 Å². The summed E-state index contributed by atoms with van der Waals surface area (Å²) in [5.41, 5.74) is 4.36. The summed E-state index contributed by atoms with van der Waals surface area (Å²) < 4.78 is 13.4. The highest BCUT2D eigenvalue weighted by Gasteiger charge is 2.19. The molecule has 2 aromatic carbocycles. The van der Waals surface area contributed by atoms with Gasteiger partial charge in [-0.15, -0.1) is 0 Å². The van der Waals surface area contributed by atoms with E-state index < -0.39 is 0 Å². The molecule has 0 N–H and O–H groups in total. The van der Waals surface area contributed by atoms with Crippen LogP contribution in [0.1, 0.15) is 16.8 Å². The molecule has 182 valence electrons. The van der Waals surface area contributed by atoms with E-state index in [4.69, 9.17) is 14.1 Å². The van der Waals surface area contributed by atoms with Crippen molar-refractivity contribution in [3.63, 3.8) is 0 Å². The zero-order valence-electron chi connectivity index (χ0n) is 20.4. The number of hydrogen-bond donors (Lipinski definition) is 0. The van der Waals surface area contributed by atoms with Crippen LogP contribution in [0.15, 0.2) is 77.9 Å². The number of oxazole rings is 1. The van der Waals surface area contributed by atoms with Gasteiger partial charge in [-0.05, 0) is 42.4 Å². The van der Waals surface area contributed by atoms with Gasteiger partial charge in [0.05, 0.1) is 19.1 Å². The number of aromatic nitrogens is 3. The summed E-state index contributed by atoms with van der Waals surface area (Å²) in [5.74, 6) is 0.843. The Morgan fingerprint density at radius 2 is 1.80 bits per heavy atom. The summed E-state index contributed by atoms with van der Waals surface area (Å²) in [7, 11) is 3.86.